The Balaban J connectivity index is 2.22. The third-order valence-corrected chi connectivity index (χ3v) is 3.25. The van der Waals surface area contributed by atoms with Gasteiger partial charge < -0.3 is 10.5 Å². The van der Waals surface area contributed by atoms with Gasteiger partial charge >= 0.3 is 0 Å². The first-order valence-corrected chi connectivity index (χ1v) is 6.62. The molecule has 2 N–H and O–H groups in total. The maximum Gasteiger partial charge on any atom is 0.253 e. The Morgan fingerprint density at radius 2 is 2.10 bits per heavy atom. The number of nitrogen functional groups attached to an aromatic ring is 1. The molecule has 2 aromatic rings. The highest BCUT2D eigenvalue weighted by Gasteiger charge is 2.19. The Morgan fingerprint density at radius 3 is 2.70 bits per heavy atom. The molecule has 1 unspecified atom stereocenters. The predicted octanol–water partition coefficient (Wildman–Crippen LogP) is 2.89. The van der Waals surface area contributed by atoms with Gasteiger partial charge in [0.05, 0.1) is 6.04 Å². The number of benzene rings is 1. The predicted molar refractivity (Wildman–Crippen MR) is 77.1 cm³/mol. The summed E-state index contributed by atoms with van der Waals surface area (Å²) in [5, 5.41) is 13.5. The number of rotatable bonds is 5. The van der Waals surface area contributed by atoms with Crippen LogP contribution in [-0.2, 0) is 6.61 Å². The normalized spacial score (nSPS) is 11.8. The largest absolute Gasteiger partial charge is 0.471 e. The summed E-state index contributed by atoms with van der Waals surface area (Å²) in [5.74, 6) is 0.666. The van der Waals surface area contributed by atoms with Gasteiger partial charge in [-0.3, -0.25) is 0 Å². The summed E-state index contributed by atoms with van der Waals surface area (Å²) < 4.78 is 7.29. The minimum atomic E-state index is 0.135. The fourth-order valence-electron chi connectivity index (χ4n) is 1.87. The lowest BCUT2D eigenvalue weighted by Crippen LogP contribution is -2.09. The van der Waals surface area contributed by atoms with Gasteiger partial charge in [-0.1, -0.05) is 37.3 Å². The quantitative estimate of drug-likeness (QED) is 0.906. The number of anilines is 1. The van der Waals surface area contributed by atoms with Crippen molar-refractivity contribution in [3.05, 3.63) is 41.5 Å². The Kier molecular flexibility index (Phi) is 4.26. The lowest BCUT2D eigenvalue weighted by atomic mass is 10.2. The zero-order valence-corrected chi connectivity index (χ0v) is 11.7. The van der Waals surface area contributed by atoms with Crippen LogP contribution >= 0.6 is 0 Å². The van der Waals surface area contributed by atoms with Crippen LogP contribution in [0.5, 0.6) is 5.88 Å². The van der Waals surface area contributed by atoms with Gasteiger partial charge in [-0.15, -0.1) is 5.10 Å². The van der Waals surface area contributed by atoms with E-state index in [0.717, 1.165) is 12.0 Å². The van der Waals surface area contributed by atoms with E-state index in [9.17, 15) is 5.26 Å². The van der Waals surface area contributed by atoms with E-state index < -0.39 is 0 Å². The standard InChI is InChI=1S/C15H18N4O/c1-3-11(2)19-14(17)13(9-16)15(18-19)20-10-12-7-5-4-6-8-12/h4-8,11H,3,10,17H2,1-2H3. The second-order valence-electron chi connectivity index (χ2n) is 4.65. The molecule has 0 radical (unpaired) electrons. The van der Waals surface area contributed by atoms with Crippen LogP contribution in [0.4, 0.5) is 5.82 Å². The van der Waals surface area contributed by atoms with Crippen molar-refractivity contribution >= 4 is 5.82 Å². The van der Waals surface area contributed by atoms with Crippen molar-refractivity contribution in [2.45, 2.75) is 32.9 Å². The summed E-state index contributed by atoms with van der Waals surface area (Å²) in [6.07, 6.45) is 0.884. The van der Waals surface area contributed by atoms with E-state index in [2.05, 4.69) is 11.2 Å². The number of aromatic nitrogens is 2. The number of nitriles is 1. The van der Waals surface area contributed by atoms with Crippen LogP contribution in [0.15, 0.2) is 30.3 Å². The highest BCUT2D eigenvalue weighted by Crippen LogP contribution is 2.27. The average Bonchev–Trinajstić information content (AvgIpc) is 2.81. The summed E-state index contributed by atoms with van der Waals surface area (Å²) in [4.78, 5) is 0. The van der Waals surface area contributed by atoms with E-state index in [1.54, 1.807) is 4.68 Å². The molecule has 1 atom stereocenters. The number of hydrogen-bond donors (Lipinski definition) is 1. The highest BCUT2D eigenvalue weighted by molar-refractivity contribution is 5.55. The van der Waals surface area contributed by atoms with E-state index in [0.29, 0.717) is 23.9 Å². The molecule has 5 nitrogen and oxygen atoms in total. The number of ether oxygens (including phenoxy) is 1. The SMILES string of the molecule is CCC(C)n1nc(OCc2ccccc2)c(C#N)c1N. The van der Waals surface area contributed by atoms with E-state index in [1.807, 2.05) is 44.2 Å². The Bertz CT molecular complexity index is 613. The van der Waals surface area contributed by atoms with Gasteiger partial charge in [-0.25, -0.2) is 4.68 Å². The van der Waals surface area contributed by atoms with Gasteiger partial charge in [0.15, 0.2) is 5.56 Å². The second-order valence-corrected chi connectivity index (χ2v) is 4.65. The first-order chi connectivity index (χ1) is 9.67. The summed E-state index contributed by atoms with van der Waals surface area (Å²) in [5.41, 5.74) is 7.29. The third kappa shape index (κ3) is 2.75. The summed E-state index contributed by atoms with van der Waals surface area (Å²) >= 11 is 0. The van der Waals surface area contributed by atoms with Crippen LogP contribution in [0.1, 0.15) is 37.4 Å². The average molecular weight is 270 g/mol. The molecule has 0 saturated carbocycles. The van der Waals surface area contributed by atoms with E-state index in [4.69, 9.17) is 10.5 Å². The van der Waals surface area contributed by atoms with Gasteiger partial charge in [0.25, 0.3) is 5.88 Å². The molecule has 0 amide bonds. The summed E-state index contributed by atoms with van der Waals surface area (Å²) in [6, 6.07) is 11.9. The molecular formula is C15H18N4O. The Hall–Kier alpha value is -2.48. The van der Waals surface area contributed by atoms with Crippen molar-refractivity contribution in [3.63, 3.8) is 0 Å². The minimum Gasteiger partial charge on any atom is -0.471 e. The van der Waals surface area contributed by atoms with E-state index in [1.165, 1.54) is 0 Å². The van der Waals surface area contributed by atoms with Crippen LogP contribution in [0.2, 0.25) is 0 Å². The molecule has 2 rings (SSSR count). The minimum absolute atomic E-state index is 0.135. The van der Waals surface area contributed by atoms with Gasteiger partial charge in [-0.2, -0.15) is 5.26 Å². The van der Waals surface area contributed by atoms with Gasteiger partial charge in [-0.05, 0) is 18.9 Å². The zero-order valence-electron chi connectivity index (χ0n) is 11.7. The molecule has 0 aliphatic carbocycles. The van der Waals surface area contributed by atoms with Crippen LogP contribution in [0.3, 0.4) is 0 Å². The van der Waals surface area contributed by atoms with E-state index in [-0.39, 0.29) is 6.04 Å². The topological polar surface area (TPSA) is 76.9 Å². The number of nitrogens with zero attached hydrogens (tertiary/aromatic N) is 3. The van der Waals surface area contributed by atoms with Crippen molar-refractivity contribution in [1.82, 2.24) is 9.78 Å². The Labute approximate surface area is 118 Å². The monoisotopic (exact) mass is 270 g/mol. The molecule has 0 fully saturated rings. The third-order valence-electron chi connectivity index (χ3n) is 3.25. The lowest BCUT2D eigenvalue weighted by molar-refractivity contribution is 0.286. The number of hydrogen-bond acceptors (Lipinski definition) is 4. The molecule has 0 aliphatic heterocycles. The zero-order chi connectivity index (χ0) is 14.5. The lowest BCUT2D eigenvalue weighted by Gasteiger charge is -2.10. The maximum atomic E-state index is 9.20. The summed E-state index contributed by atoms with van der Waals surface area (Å²) in [7, 11) is 0. The molecule has 0 spiro atoms. The molecule has 1 heterocycles. The van der Waals surface area contributed by atoms with Crippen LogP contribution in [0.25, 0.3) is 0 Å². The first kappa shape index (κ1) is 13.9. The Morgan fingerprint density at radius 1 is 1.40 bits per heavy atom. The fourth-order valence-corrected chi connectivity index (χ4v) is 1.87. The molecule has 20 heavy (non-hydrogen) atoms. The van der Waals surface area contributed by atoms with Crippen LogP contribution in [0, 0.1) is 11.3 Å². The highest BCUT2D eigenvalue weighted by atomic mass is 16.5. The van der Waals surface area contributed by atoms with E-state index >= 15 is 0 Å². The van der Waals surface area contributed by atoms with Crippen molar-refractivity contribution < 1.29 is 4.74 Å². The molecule has 0 aliphatic rings. The van der Waals surface area contributed by atoms with Crippen molar-refractivity contribution in [2.24, 2.45) is 0 Å². The fraction of sp³-hybridized carbons (Fsp3) is 0.333. The molecule has 0 saturated heterocycles. The molecule has 1 aromatic heterocycles. The smallest absolute Gasteiger partial charge is 0.253 e. The van der Waals surface area contributed by atoms with Crippen molar-refractivity contribution in [1.29, 1.82) is 5.26 Å². The molecule has 104 valence electrons. The van der Waals surface area contributed by atoms with Crippen molar-refractivity contribution in [3.8, 4) is 11.9 Å². The second kappa shape index (κ2) is 6.11. The van der Waals surface area contributed by atoms with Gasteiger partial charge in [0.2, 0.25) is 0 Å². The van der Waals surface area contributed by atoms with Crippen molar-refractivity contribution in [2.75, 3.05) is 5.73 Å². The molecule has 1 aromatic carbocycles. The molecule has 0 bridgehead atoms. The first-order valence-electron chi connectivity index (χ1n) is 6.62. The summed E-state index contributed by atoms with van der Waals surface area (Å²) in [6.45, 7) is 4.42. The molecular weight excluding hydrogens is 252 g/mol. The van der Waals surface area contributed by atoms with Gasteiger partial charge in [0, 0.05) is 0 Å². The van der Waals surface area contributed by atoms with Crippen LogP contribution in [-0.4, -0.2) is 9.78 Å². The van der Waals surface area contributed by atoms with Gasteiger partial charge in [0.1, 0.15) is 18.5 Å². The maximum absolute atomic E-state index is 9.20. The number of nitrogens with two attached hydrogens (primary N) is 1. The molecule has 5 heteroatoms. The van der Waals surface area contributed by atoms with Crippen LogP contribution < -0.4 is 10.5 Å².